The average Bonchev–Trinajstić information content (AvgIpc) is 3.78. The van der Waals surface area contributed by atoms with Crippen LogP contribution in [0.3, 0.4) is 0 Å². The summed E-state index contributed by atoms with van der Waals surface area (Å²) in [6.45, 7) is 19.9. The molecule has 0 spiro atoms. The quantitative estimate of drug-likeness (QED) is 0.169. The van der Waals surface area contributed by atoms with Crippen molar-refractivity contribution in [2.75, 3.05) is 47.3 Å². The summed E-state index contributed by atoms with van der Waals surface area (Å²) in [5.74, 6) is 0.248. The van der Waals surface area contributed by atoms with Gasteiger partial charge in [-0.05, 0) is 93.7 Å². The molecule has 4 fully saturated rings. The number of carbonyl (C=O) groups excluding carboxylic acids is 1. The molecule has 2 atom stereocenters. The lowest BCUT2D eigenvalue weighted by Crippen LogP contribution is -2.50. The summed E-state index contributed by atoms with van der Waals surface area (Å²) in [5, 5.41) is 11.9. The third kappa shape index (κ3) is 9.30. The van der Waals surface area contributed by atoms with Crippen molar-refractivity contribution in [3.63, 3.8) is 0 Å². The van der Waals surface area contributed by atoms with Crippen LogP contribution in [0.4, 0.5) is 9.18 Å². The van der Waals surface area contributed by atoms with Crippen molar-refractivity contribution in [1.82, 2.24) is 9.80 Å². The Kier molecular flexibility index (Phi) is 13.0. The van der Waals surface area contributed by atoms with E-state index >= 15 is 4.39 Å². The molecule has 1 aliphatic carbocycles. The zero-order chi connectivity index (χ0) is 38.6. The van der Waals surface area contributed by atoms with E-state index in [-0.39, 0.29) is 36.5 Å². The number of fused-ring (bicyclic) bond motifs is 2. The van der Waals surface area contributed by atoms with Gasteiger partial charge in [0.05, 0.1) is 25.0 Å². The van der Waals surface area contributed by atoms with Gasteiger partial charge in [-0.1, -0.05) is 13.5 Å². The molecule has 11 heteroatoms. The van der Waals surface area contributed by atoms with Gasteiger partial charge in [-0.25, -0.2) is 9.18 Å². The number of phenolic OH excluding ortho intramolecular Hbond substituents is 1. The van der Waals surface area contributed by atoms with Crippen LogP contribution >= 0.6 is 0 Å². The standard InChI is InChI=1S/C34H45FN2O6.C8H14O2/c1-9-19(2)31(36-16-24-12-23(36)17-37(24)33(39)43-34(5,6)41-8)27-15-28(22-10-11-22)30(32(38)21(27)4)26-13-25(42-18-40-7)14-29(35)20(26)3;1-7(2)10-8-3-5-9-6-4-8/h13-15,22-24,38H,9-12,16-18H2,1-8H3;8H,1,3-6H2,2H3/t23?,24-;/m0./s1. The number of rotatable bonds is 12. The molecule has 3 saturated heterocycles. The number of halogens is 1. The number of methoxy groups -OCH3 is 2. The molecule has 0 radical (unpaired) electrons. The first-order valence-electron chi connectivity index (χ1n) is 18.9. The minimum absolute atomic E-state index is 0.00308. The van der Waals surface area contributed by atoms with E-state index in [1.54, 1.807) is 26.8 Å². The second-order valence-electron chi connectivity index (χ2n) is 15.2. The zero-order valence-electron chi connectivity index (χ0n) is 33.1. The number of piperazine rings is 1. The van der Waals surface area contributed by atoms with Crippen LogP contribution < -0.4 is 4.74 Å². The van der Waals surface area contributed by atoms with E-state index in [4.69, 9.17) is 28.4 Å². The highest BCUT2D eigenvalue weighted by atomic mass is 19.1. The number of likely N-dealkylation sites (tertiary alicyclic amines) is 2. The predicted molar refractivity (Wildman–Crippen MR) is 203 cm³/mol. The molecule has 0 aromatic heterocycles. The zero-order valence-corrected chi connectivity index (χ0v) is 33.1. The average molecular weight is 739 g/mol. The molecule has 6 rings (SSSR count). The normalized spacial score (nSPS) is 20.5. The van der Waals surface area contributed by atoms with E-state index in [1.807, 2.05) is 18.7 Å². The number of aromatic hydroxyl groups is 1. The number of amides is 1. The topological polar surface area (TPSA) is 99.2 Å². The van der Waals surface area contributed by atoms with Crippen LogP contribution in [0.5, 0.6) is 11.5 Å². The molecule has 1 amide bonds. The molecular formula is C42H59FN2O8. The second kappa shape index (κ2) is 17.1. The van der Waals surface area contributed by atoms with Crippen LogP contribution in [-0.4, -0.2) is 92.3 Å². The summed E-state index contributed by atoms with van der Waals surface area (Å²) in [6, 6.07) is 5.53. The number of carbonyl (C=O) groups is 1. The van der Waals surface area contributed by atoms with Gasteiger partial charge < -0.3 is 43.3 Å². The Labute approximate surface area is 314 Å². The maximum absolute atomic E-state index is 15.1. The van der Waals surface area contributed by atoms with E-state index < -0.39 is 5.79 Å². The maximum atomic E-state index is 15.1. The molecular weight excluding hydrogens is 679 g/mol. The van der Waals surface area contributed by atoms with Crippen LogP contribution in [0.2, 0.25) is 0 Å². The minimum Gasteiger partial charge on any atom is -0.507 e. The van der Waals surface area contributed by atoms with Gasteiger partial charge in [0.15, 0.2) is 6.79 Å². The molecule has 2 aromatic rings. The number of benzene rings is 2. The summed E-state index contributed by atoms with van der Waals surface area (Å²) in [4.78, 5) is 17.2. The van der Waals surface area contributed by atoms with Crippen LogP contribution in [0.15, 0.2) is 36.1 Å². The first-order valence-corrected chi connectivity index (χ1v) is 18.9. The molecule has 53 heavy (non-hydrogen) atoms. The van der Waals surface area contributed by atoms with Gasteiger partial charge in [0, 0.05) is 88.5 Å². The summed E-state index contributed by atoms with van der Waals surface area (Å²) in [5.41, 5.74) is 6.89. The lowest BCUT2D eigenvalue weighted by molar-refractivity contribution is -0.164. The number of ether oxygens (including phenoxy) is 6. The lowest BCUT2D eigenvalue weighted by atomic mass is 9.86. The van der Waals surface area contributed by atoms with Crippen molar-refractivity contribution >= 4 is 11.8 Å². The molecule has 3 aliphatic heterocycles. The van der Waals surface area contributed by atoms with Gasteiger partial charge in [-0.2, -0.15) is 0 Å². The van der Waals surface area contributed by atoms with Gasteiger partial charge >= 0.3 is 6.09 Å². The summed E-state index contributed by atoms with van der Waals surface area (Å²) >= 11 is 0. The predicted octanol–water partition coefficient (Wildman–Crippen LogP) is 8.81. The van der Waals surface area contributed by atoms with Crippen molar-refractivity contribution in [3.05, 3.63) is 64.2 Å². The Bertz CT molecular complexity index is 1680. The number of phenols is 1. The number of hydrogen-bond acceptors (Lipinski definition) is 9. The summed E-state index contributed by atoms with van der Waals surface area (Å²) in [7, 11) is 3.05. The minimum atomic E-state index is -0.991. The summed E-state index contributed by atoms with van der Waals surface area (Å²) < 4.78 is 47.3. The first-order chi connectivity index (χ1) is 25.2. The monoisotopic (exact) mass is 738 g/mol. The van der Waals surface area contributed by atoms with Gasteiger partial charge in [-0.3, -0.25) is 0 Å². The van der Waals surface area contributed by atoms with Crippen molar-refractivity contribution in [2.45, 2.75) is 117 Å². The molecule has 1 saturated carbocycles. The molecule has 10 nitrogen and oxygen atoms in total. The highest BCUT2D eigenvalue weighted by Crippen LogP contribution is 2.52. The van der Waals surface area contributed by atoms with Crippen molar-refractivity contribution < 1.29 is 42.7 Å². The Morgan fingerprint density at radius 3 is 2.25 bits per heavy atom. The molecule has 2 aromatic carbocycles. The van der Waals surface area contributed by atoms with E-state index in [2.05, 4.69) is 31.4 Å². The smallest absolute Gasteiger partial charge is 0.412 e. The van der Waals surface area contributed by atoms with E-state index in [9.17, 15) is 9.90 Å². The van der Waals surface area contributed by atoms with Gasteiger partial charge in [0.1, 0.15) is 23.4 Å². The number of allylic oxidation sites excluding steroid dienone is 2. The molecule has 1 N–H and O–H groups in total. The first kappa shape index (κ1) is 40.4. The highest BCUT2D eigenvalue weighted by molar-refractivity contribution is 5.84. The Hall–Kier alpha value is -3.80. The Morgan fingerprint density at radius 1 is 1.02 bits per heavy atom. The van der Waals surface area contributed by atoms with Crippen molar-refractivity contribution in [1.29, 1.82) is 0 Å². The molecule has 1 unspecified atom stereocenters. The molecule has 4 aliphatic rings. The van der Waals surface area contributed by atoms with E-state index in [0.29, 0.717) is 47.6 Å². The fraction of sp³-hybridized carbons (Fsp3) is 0.595. The van der Waals surface area contributed by atoms with Gasteiger partial charge in [0.2, 0.25) is 5.79 Å². The van der Waals surface area contributed by atoms with E-state index in [1.165, 1.54) is 25.9 Å². The highest BCUT2D eigenvalue weighted by Gasteiger charge is 2.48. The Morgan fingerprint density at radius 2 is 1.68 bits per heavy atom. The molecule has 2 bridgehead atoms. The Balaban J connectivity index is 0.000000469. The van der Waals surface area contributed by atoms with Crippen molar-refractivity contribution in [2.24, 2.45) is 0 Å². The number of hydrogen-bond donors (Lipinski definition) is 1. The number of nitrogens with zero attached hydrogens (tertiary/aromatic N) is 2. The fourth-order valence-corrected chi connectivity index (χ4v) is 7.51. The largest absolute Gasteiger partial charge is 0.507 e. The fourth-order valence-electron chi connectivity index (χ4n) is 7.51. The lowest BCUT2D eigenvalue weighted by Gasteiger charge is -2.39. The SMILES string of the molecule is C=C(C)OC1CCOCC1.CCC(C)=C(c1cc(C2CC2)c(-c2cc(OCOC)cc(F)c2C)c(O)c1C)N1C[C@@H]2CC1CN2C(=O)OC(C)(C)OC. The maximum Gasteiger partial charge on any atom is 0.412 e. The van der Waals surface area contributed by atoms with Crippen LogP contribution in [0, 0.1) is 19.7 Å². The third-order valence-electron chi connectivity index (χ3n) is 10.8. The summed E-state index contributed by atoms with van der Waals surface area (Å²) in [6.07, 6.45) is 5.75. The molecule has 292 valence electrons. The molecule has 3 heterocycles. The van der Waals surface area contributed by atoms with E-state index in [0.717, 1.165) is 79.9 Å². The van der Waals surface area contributed by atoms with Crippen LogP contribution in [0.25, 0.3) is 16.8 Å². The third-order valence-corrected chi connectivity index (χ3v) is 10.8. The van der Waals surface area contributed by atoms with Gasteiger partial charge in [-0.15, -0.1) is 0 Å². The van der Waals surface area contributed by atoms with Crippen LogP contribution in [0.1, 0.15) is 101 Å². The second-order valence-corrected chi connectivity index (χ2v) is 15.2. The van der Waals surface area contributed by atoms with Crippen molar-refractivity contribution in [3.8, 4) is 22.6 Å². The van der Waals surface area contributed by atoms with Gasteiger partial charge in [0.25, 0.3) is 0 Å². The van der Waals surface area contributed by atoms with Crippen LogP contribution in [-0.2, 0) is 23.7 Å².